The Hall–Kier alpha value is -4.26. The first-order valence-electron chi connectivity index (χ1n) is 13.6. The van der Waals surface area contributed by atoms with Gasteiger partial charge in [-0.15, -0.1) is 0 Å². The van der Waals surface area contributed by atoms with Gasteiger partial charge < -0.3 is 9.84 Å². The maximum Gasteiger partial charge on any atom is 0.416 e. The number of ether oxygens (including phenoxy) is 1. The number of ketones is 2. The van der Waals surface area contributed by atoms with E-state index in [1.807, 2.05) is 0 Å². The first kappa shape index (κ1) is 38.9. The van der Waals surface area contributed by atoms with Crippen LogP contribution in [0.4, 0.5) is 35.1 Å². The SMILES string of the molecule is CC(=O)c1cccc(CBr)c1F.CC(=O)c1cccc(COc2ccc(C(F)(F)F)cc2C)c1F.Cc1cc(C(F)(F)F)ccc1O. The maximum absolute atomic E-state index is 14.1. The van der Waals surface area contributed by atoms with Crippen LogP contribution in [0, 0.1) is 25.5 Å². The zero-order chi connectivity index (χ0) is 35.7. The third-order valence-electron chi connectivity index (χ3n) is 6.47. The molecular formula is C34H29BrF8O4. The van der Waals surface area contributed by atoms with Crippen LogP contribution in [0.5, 0.6) is 11.5 Å². The second-order valence-corrected chi connectivity index (χ2v) is 10.6. The monoisotopic (exact) mass is 732 g/mol. The number of benzene rings is 4. The van der Waals surface area contributed by atoms with E-state index >= 15 is 0 Å². The Morgan fingerprint density at radius 2 is 1.15 bits per heavy atom. The quantitative estimate of drug-likeness (QED) is 0.122. The van der Waals surface area contributed by atoms with Gasteiger partial charge in [0.25, 0.3) is 0 Å². The Morgan fingerprint density at radius 3 is 1.57 bits per heavy atom. The Morgan fingerprint density at radius 1 is 0.702 bits per heavy atom. The first-order valence-corrected chi connectivity index (χ1v) is 14.7. The molecule has 4 rings (SSSR count). The van der Waals surface area contributed by atoms with Crippen molar-refractivity contribution in [2.45, 2.75) is 52.0 Å². The minimum Gasteiger partial charge on any atom is -0.508 e. The number of rotatable bonds is 6. The smallest absolute Gasteiger partial charge is 0.416 e. The minimum atomic E-state index is -4.43. The van der Waals surface area contributed by atoms with Gasteiger partial charge in [0.05, 0.1) is 22.3 Å². The second-order valence-electron chi connectivity index (χ2n) is 10.1. The summed E-state index contributed by atoms with van der Waals surface area (Å²) in [6, 6.07) is 15.0. The van der Waals surface area contributed by atoms with Gasteiger partial charge in [-0.3, -0.25) is 9.59 Å². The number of Topliss-reactive ketones (excluding diaryl/α,β-unsaturated/α-hetero) is 2. The molecule has 47 heavy (non-hydrogen) atoms. The fourth-order valence-electron chi connectivity index (χ4n) is 3.89. The third-order valence-corrected chi connectivity index (χ3v) is 7.07. The van der Waals surface area contributed by atoms with E-state index in [0.717, 1.165) is 30.3 Å². The summed E-state index contributed by atoms with van der Waals surface area (Å²) in [5, 5.41) is 9.37. The summed E-state index contributed by atoms with van der Waals surface area (Å²) in [7, 11) is 0. The summed E-state index contributed by atoms with van der Waals surface area (Å²) in [4.78, 5) is 22.2. The van der Waals surface area contributed by atoms with Gasteiger partial charge in [-0.2, -0.15) is 26.3 Å². The Bertz CT molecular complexity index is 1720. The van der Waals surface area contributed by atoms with Gasteiger partial charge in [-0.05, 0) is 92.9 Å². The normalized spacial score (nSPS) is 11.1. The molecule has 1 N–H and O–H groups in total. The van der Waals surface area contributed by atoms with Crippen molar-refractivity contribution in [2.24, 2.45) is 0 Å². The highest BCUT2D eigenvalue weighted by molar-refractivity contribution is 9.08. The topological polar surface area (TPSA) is 63.6 Å². The Labute approximate surface area is 274 Å². The van der Waals surface area contributed by atoms with Gasteiger partial charge in [0, 0.05) is 10.9 Å². The van der Waals surface area contributed by atoms with E-state index in [9.17, 15) is 44.7 Å². The van der Waals surface area contributed by atoms with Crippen molar-refractivity contribution in [3.8, 4) is 11.5 Å². The first-order chi connectivity index (χ1) is 21.8. The molecule has 0 saturated carbocycles. The Kier molecular flexibility index (Phi) is 13.7. The van der Waals surface area contributed by atoms with Crippen LogP contribution < -0.4 is 4.74 Å². The van der Waals surface area contributed by atoms with Crippen molar-refractivity contribution in [3.63, 3.8) is 0 Å². The molecule has 0 unspecified atom stereocenters. The molecule has 0 amide bonds. The molecule has 4 aromatic rings. The predicted molar refractivity (Wildman–Crippen MR) is 164 cm³/mol. The summed E-state index contributed by atoms with van der Waals surface area (Å²) < 4.78 is 107. The molecule has 4 nitrogen and oxygen atoms in total. The summed E-state index contributed by atoms with van der Waals surface area (Å²) >= 11 is 3.14. The lowest BCUT2D eigenvalue weighted by Gasteiger charge is -2.13. The fraction of sp³-hybridized carbons (Fsp3) is 0.235. The number of phenolic OH excluding ortho intramolecular Hbond substituents is 1. The number of aryl methyl sites for hydroxylation is 2. The van der Waals surface area contributed by atoms with Gasteiger partial charge in [0.1, 0.15) is 29.7 Å². The number of carbonyl (C=O) groups excluding carboxylic acids is 2. The number of carbonyl (C=O) groups is 2. The van der Waals surface area contributed by atoms with E-state index in [2.05, 4.69) is 15.9 Å². The lowest BCUT2D eigenvalue weighted by atomic mass is 10.1. The third kappa shape index (κ3) is 11.2. The molecular weight excluding hydrogens is 704 g/mol. The van der Waals surface area contributed by atoms with Crippen LogP contribution in [0.1, 0.15) is 67.9 Å². The van der Waals surface area contributed by atoms with Crippen molar-refractivity contribution >= 4 is 27.5 Å². The number of hydrogen-bond acceptors (Lipinski definition) is 4. The fourth-order valence-corrected chi connectivity index (χ4v) is 4.33. The summed E-state index contributed by atoms with van der Waals surface area (Å²) in [5.41, 5.74) is -0.195. The molecule has 0 radical (unpaired) electrons. The van der Waals surface area contributed by atoms with Crippen molar-refractivity contribution in [2.75, 3.05) is 0 Å². The molecule has 252 valence electrons. The average molecular weight is 733 g/mol. The molecule has 4 aromatic carbocycles. The van der Waals surface area contributed by atoms with Gasteiger partial charge in [-0.25, -0.2) is 8.78 Å². The van der Waals surface area contributed by atoms with Crippen molar-refractivity contribution in [1.82, 2.24) is 0 Å². The molecule has 0 aliphatic carbocycles. The van der Waals surface area contributed by atoms with Gasteiger partial charge in [0.15, 0.2) is 11.6 Å². The van der Waals surface area contributed by atoms with Crippen LogP contribution in [0.25, 0.3) is 0 Å². The minimum absolute atomic E-state index is 0.0461. The highest BCUT2D eigenvalue weighted by atomic mass is 79.9. The van der Waals surface area contributed by atoms with Crippen molar-refractivity contribution in [3.05, 3.63) is 129 Å². The van der Waals surface area contributed by atoms with Crippen molar-refractivity contribution < 1.29 is 54.6 Å². The molecule has 0 saturated heterocycles. The molecule has 0 fully saturated rings. The number of phenols is 1. The molecule has 0 aliphatic rings. The molecule has 13 heteroatoms. The van der Waals surface area contributed by atoms with Crippen LogP contribution in [0.3, 0.4) is 0 Å². The largest absolute Gasteiger partial charge is 0.508 e. The van der Waals surface area contributed by atoms with Gasteiger partial charge in [-0.1, -0.05) is 40.2 Å². The maximum atomic E-state index is 14.1. The lowest BCUT2D eigenvalue weighted by Crippen LogP contribution is -2.07. The average Bonchev–Trinajstić information content (AvgIpc) is 2.98. The van der Waals surface area contributed by atoms with E-state index in [4.69, 9.17) is 9.84 Å². The standard InChI is InChI=1S/C17H14F4O2.C9H8BrFO.C8H7F3O/c1-10-8-13(17(19,20)21)6-7-15(10)23-9-12-4-3-5-14(11(2)22)16(12)18;1-6(12)8-4-2-3-7(5-10)9(8)11;1-5-4-6(8(9,10)11)2-3-7(5)12/h3-8H,9H2,1-2H3;2-4H,5H2,1H3;2-4,12H,1H3. The van der Waals surface area contributed by atoms with Gasteiger partial charge >= 0.3 is 12.4 Å². The molecule has 0 heterocycles. The molecule has 0 spiro atoms. The van der Waals surface area contributed by atoms with Crippen LogP contribution in [-0.4, -0.2) is 16.7 Å². The van der Waals surface area contributed by atoms with Crippen LogP contribution in [0.2, 0.25) is 0 Å². The zero-order valence-corrected chi connectivity index (χ0v) is 27.0. The highest BCUT2D eigenvalue weighted by Crippen LogP contribution is 2.33. The zero-order valence-electron chi connectivity index (χ0n) is 25.4. The lowest BCUT2D eigenvalue weighted by molar-refractivity contribution is -0.138. The Balaban J connectivity index is 0.000000270. The number of alkyl halides is 7. The predicted octanol–water partition coefficient (Wildman–Crippen LogP) is 10.6. The molecule has 0 aliphatic heterocycles. The summed E-state index contributed by atoms with van der Waals surface area (Å²) in [5.74, 6) is -1.63. The van der Waals surface area contributed by atoms with E-state index in [0.29, 0.717) is 16.5 Å². The summed E-state index contributed by atoms with van der Waals surface area (Å²) in [6.07, 6.45) is -8.76. The van der Waals surface area contributed by atoms with E-state index in [1.54, 1.807) is 12.1 Å². The van der Waals surface area contributed by atoms with Crippen molar-refractivity contribution in [1.29, 1.82) is 0 Å². The molecule has 0 atom stereocenters. The molecule has 0 bridgehead atoms. The van der Waals surface area contributed by atoms with Gasteiger partial charge in [0.2, 0.25) is 0 Å². The number of aromatic hydroxyl groups is 1. The van der Waals surface area contributed by atoms with Crippen LogP contribution in [0.15, 0.2) is 72.8 Å². The van der Waals surface area contributed by atoms with E-state index < -0.39 is 40.9 Å². The summed E-state index contributed by atoms with van der Waals surface area (Å²) in [6.45, 7) is 5.33. The van der Waals surface area contributed by atoms with E-state index in [1.165, 1.54) is 58.0 Å². The number of hydrogen-bond donors (Lipinski definition) is 1. The van der Waals surface area contributed by atoms with E-state index in [-0.39, 0.29) is 46.1 Å². The highest BCUT2D eigenvalue weighted by Gasteiger charge is 2.31. The molecule has 0 aromatic heterocycles. The number of halogens is 9. The second kappa shape index (κ2) is 16.5. The van der Waals surface area contributed by atoms with Crippen LogP contribution >= 0.6 is 15.9 Å². The van der Waals surface area contributed by atoms with Crippen LogP contribution in [-0.2, 0) is 24.3 Å².